The lowest BCUT2D eigenvalue weighted by atomic mass is 9.99. The van der Waals surface area contributed by atoms with Gasteiger partial charge >= 0.3 is 0 Å². The number of hydrogen-bond donors (Lipinski definition) is 1. The zero-order chi connectivity index (χ0) is 19.7. The van der Waals surface area contributed by atoms with Crippen LogP contribution in [0.4, 0.5) is 10.8 Å². The molecule has 1 aliphatic rings. The fourth-order valence-corrected chi connectivity index (χ4v) is 3.67. The Labute approximate surface area is 163 Å². The summed E-state index contributed by atoms with van der Waals surface area (Å²) in [4.78, 5) is 27.9. The maximum Gasteiger partial charge on any atom is 0.270 e. The van der Waals surface area contributed by atoms with E-state index in [-0.39, 0.29) is 22.6 Å². The molecule has 0 fully saturated rings. The first kappa shape index (κ1) is 18.1. The number of anilines is 1. The van der Waals surface area contributed by atoms with Gasteiger partial charge < -0.3 is 14.8 Å². The second-order valence-electron chi connectivity index (χ2n) is 5.90. The highest BCUT2D eigenvalue weighted by atomic mass is 32.1. The van der Waals surface area contributed by atoms with Gasteiger partial charge in [-0.05, 0) is 25.1 Å². The van der Waals surface area contributed by atoms with Crippen molar-refractivity contribution in [2.24, 2.45) is 0 Å². The molecule has 142 valence electrons. The average molecular weight is 397 g/mol. The van der Waals surface area contributed by atoms with Crippen LogP contribution in [0, 0.1) is 10.1 Å². The number of hydrogen-bond acceptors (Lipinski definition) is 8. The zero-order valence-electron chi connectivity index (χ0n) is 14.7. The normalized spacial score (nSPS) is 17.4. The first-order valence-electron chi connectivity index (χ1n) is 8.50. The van der Waals surface area contributed by atoms with Crippen molar-refractivity contribution < 1.29 is 19.2 Å². The van der Waals surface area contributed by atoms with Gasteiger partial charge in [0.25, 0.3) is 5.69 Å². The van der Waals surface area contributed by atoms with Crippen LogP contribution in [0.1, 0.15) is 17.3 Å². The van der Waals surface area contributed by atoms with Crippen molar-refractivity contribution in [3.63, 3.8) is 0 Å². The SMILES string of the molecule is CCO[C@@H]1Oc2ccc([N+](=O)[O-])cc2C(=O)/C1=C/Nc1nc2ccccc2s1. The molecule has 0 aliphatic carbocycles. The smallest absolute Gasteiger partial charge is 0.270 e. The fourth-order valence-electron chi connectivity index (χ4n) is 2.84. The molecular formula is C19H15N3O5S. The van der Waals surface area contributed by atoms with Crippen LogP contribution in [-0.4, -0.2) is 28.6 Å². The first-order chi connectivity index (χ1) is 13.6. The highest BCUT2D eigenvalue weighted by Gasteiger charge is 2.33. The van der Waals surface area contributed by atoms with Crippen LogP contribution in [0.15, 0.2) is 54.2 Å². The number of carbonyl (C=O) groups is 1. The van der Waals surface area contributed by atoms with E-state index >= 15 is 0 Å². The minimum absolute atomic E-state index is 0.127. The minimum Gasteiger partial charge on any atom is -0.460 e. The molecule has 0 radical (unpaired) electrons. The van der Waals surface area contributed by atoms with E-state index in [1.54, 1.807) is 6.92 Å². The van der Waals surface area contributed by atoms with Crippen molar-refractivity contribution in [2.75, 3.05) is 11.9 Å². The Kier molecular flexibility index (Phi) is 4.76. The van der Waals surface area contributed by atoms with Gasteiger partial charge in [-0.2, -0.15) is 0 Å². The van der Waals surface area contributed by atoms with E-state index < -0.39 is 17.0 Å². The molecule has 2 aromatic carbocycles. The van der Waals surface area contributed by atoms with Crippen molar-refractivity contribution in [3.8, 4) is 5.75 Å². The third kappa shape index (κ3) is 3.32. The monoisotopic (exact) mass is 397 g/mol. The molecule has 4 rings (SSSR count). The summed E-state index contributed by atoms with van der Waals surface area (Å²) in [6.07, 6.45) is 0.579. The van der Waals surface area contributed by atoms with Crippen LogP contribution in [0.3, 0.4) is 0 Å². The van der Waals surface area contributed by atoms with E-state index in [0.29, 0.717) is 11.7 Å². The molecule has 0 amide bonds. The molecule has 0 unspecified atom stereocenters. The number of aromatic nitrogens is 1. The van der Waals surface area contributed by atoms with Crippen molar-refractivity contribution in [2.45, 2.75) is 13.2 Å². The Bertz CT molecular complexity index is 1070. The molecule has 1 aromatic heterocycles. The van der Waals surface area contributed by atoms with Crippen LogP contribution in [0.2, 0.25) is 0 Å². The van der Waals surface area contributed by atoms with Gasteiger partial charge in [0.1, 0.15) is 5.75 Å². The summed E-state index contributed by atoms with van der Waals surface area (Å²) in [5.41, 5.74) is 1.02. The molecule has 1 aliphatic heterocycles. The minimum atomic E-state index is -0.909. The first-order valence-corrected chi connectivity index (χ1v) is 9.32. The van der Waals surface area contributed by atoms with Gasteiger partial charge in [-0.15, -0.1) is 0 Å². The Morgan fingerprint density at radius 2 is 2.18 bits per heavy atom. The lowest BCUT2D eigenvalue weighted by Gasteiger charge is -2.27. The standard InChI is InChI=1S/C19H15N3O5S/c1-2-26-18-13(10-20-19-21-14-5-3-4-6-16(14)28-19)17(23)12-9-11(22(24)25)7-8-15(12)27-18/h3-10,18H,2H2,1H3,(H,20,21)/b13-10-/t18-/m1/s1. The van der Waals surface area contributed by atoms with Crippen molar-refractivity contribution in [1.29, 1.82) is 0 Å². The van der Waals surface area contributed by atoms with Gasteiger partial charge in [0.15, 0.2) is 5.13 Å². The topological polar surface area (TPSA) is 104 Å². The zero-order valence-corrected chi connectivity index (χ0v) is 15.6. The molecule has 9 heteroatoms. The average Bonchev–Trinajstić information content (AvgIpc) is 3.10. The highest BCUT2D eigenvalue weighted by Crippen LogP contribution is 2.34. The molecule has 3 aromatic rings. The molecule has 2 heterocycles. The largest absolute Gasteiger partial charge is 0.460 e. The maximum absolute atomic E-state index is 13.0. The van der Waals surface area contributed by atoms with E-state index in [0.717, 1.165) is 10.2 Å². The summed E-state index contributed by atoms with van der Waals surface area (Å²) in [5.74, 6) is -0.136. The number of nitro benzene ring substituents is 1. The number of ketones is 1. The number of nitro groups is 1. The summed E-state index contributed by atoms with van der Waals surface area (Å²) in [6, 6.07) is 11.6. The number of fused-ring (bicyclic) bond motifs is 2. The molecule has 28 heavy (non-hydrogen) atoms. The van der Waals surface area contributed by atoms with Crippen molar-refractivity contribution in [1.82, 2.24) is 4.98 Å². The van der Waals surface area contributed by atoms with Gasteiger partial charge in [0.05, 0.1) is 26.3 Å². The van der Waals surface area contributed by atoms with Crippen LogP contribution >= 0.6 is 11.3 Å². The third-order valence-corrected chi connectivity index (χ3v) is 5.10. The van der Waals surface area contributed by atoms with Gasteiger partial charge in [-0.25, -0.2) is 4.98 Å². The highest BCUT2D eigenvalue weighted by molar-refractivity contribution is 7.22. The van der Waals surface area contributed by atoms with Gasteiger partial charge in [-0.1, -0.05) is 23.5 Å². The Morgan fingerprint density at radius 1 is 1.36 bits per heavy atom. The maximum atomic E-state index is 13.0. The Hall–Kier alpha value is -3.30. The van der Waals surface area contributed by atoms with Crippen LogP contribution in [0.5, 0.6) is 5.75 Å². The molecule has 1 atom stereocenters. The number of para-hydroxylation sites is 1. The van der Waals surface area contributed by atoms with E-state index in [1.165, 1.54) is 35.7 Å². The molecule has 0 saturated carbocycles. The summed E-state index contributed by atoms with van der Waals surface area (Å²) in [7, 11) is 0. The molecule has 1 N–H and O–H groups in total. The van der Waals surface area contributed by atoms with Crippen LogP contribution in [-0.2, 0) is 4.74 Å². The number of thiazole rings is 1. The van der Waals surface area contributed by atoms with E-state index in [1.807, 2.05) is 24.3 Å². The van der Waals surface area contributed by atoms with Gasteiger partial charge in [0.2, 0.25) is 12.1 Å². The third-order valence-electron chi connectivity index (χ3n) is 4.13. The number of ether oxygens (including phenoxy) is 2. The number of benzene rings is 2. The summed E-state index contributed by atoms with van der Waals surface area (Å²) < 4.78 is 12.3. The lowest BCUT2D eigenvalue weighted by Crippen LogP contribution is -2.33. The number of rotatable bonds is 5. The fraction of sp³-hybridized carbons (Fsp3) is 0.158. The Balaban J connectivity index is 1.68. The summed E-state index contributed by atoms with van der Waals surface area (Å²) >= 11 is 1.44. The van der Waals surface area contributed by atoms with E-state index in [4.69, 9.17) is 9.47 Å². The number of nitrogens with zero attached hydrogens (tertiary/aromatic N) is 2. The van der Waals surface area contributed by atoms with Crippen LogP contribution in [0.25, 0.3) is 10.2 Å². The van der Waals surface area contributed by atoms with E-state index in [2.05, 4.69) is 10.3 Å². The second-order valence-corrected chi connectivity index (χ2v) is 6.93. The predicted octanol–water partition coefficient (Wildman–Crippen LogP) is 4.14. The number of carbonyl (C=O) groups excluding carboxylic acids is 1. The molecule has 0 spiro atoms. The molecule has 8 nitrogen and oxygen atoms in total. The molecular weight excluding hydrogens is 382 g/mol. The summed E-state index contributed by atoms with van der Waals surface area (Å²) in [6.45, 7) is 2.12. The van der Waals surface area contributed by atoms with Gasteiger partial charge in [-0.3, -0.25) is 14.9 Å². The van der Waals surface area contributed by atoms with E-state index in [9.17, 15) is 14.9 Å². The predicted molar refractivity (Wildman–Crippen MR) is 105 cm³/mol. The number of non-ortho nitro benzene ring substituents is 1. The number of Topliss-reactive ketones (excluding diaryl/α,β-unsaturated/α-hetero) is 1. The lowest BCUT2D eigenvalue weighted by molar-refractivity contribution is -0.384. The van der Waals surface area contributed by atoms with Crippen LogP contribution < -0.4 is 10.1 Å². The molecule has 0 saturated heterocycles. The molecule has 0 bridgehead atoms. The Morgan fingerprint density at radius 3 is 2.93 bits per heavy atom. The quantitative estimate of drug-likeness (QED) is 0.392. The van der Waals surface area contributed by atoms with Crippen molar-refractivity contribution >= 4 is 38.2 Å². The summed E-state index contributed by atoms with van der Waals surface area (Å²) in [5, 5.41) is 14.7. The number of nitrogens with one attached hydrogen (secondary N) is 1. The van der Waals surface area contributed by atoms with Crippen molar-refractivity contribution in [3.05, 3.63) is 69.9 Å². The second kappa shape index (κ2) is 7.37. The van der Waals surface area contributed by atoms with Gasteiger partial charge in [0, 0.05) is 24.9 Å².